The molecule has 6 heteroatoms. The van der Waals surface area contributed by atoms with Gasteiger partial charge in [0.25, 0.3) is 11.7 Å². The maximum atomic E-state index is 13.4. The minimum Gasteiger partial charge on any atom is -0.507 e. The van der Waals surface area contributed by atoms with Crippen LogP contribution in [0.3, 0.4) is 0 Å². The number of likely N-dealkylation sites (tertiary alicyclic amines) is 1. The zero-order valence-corrected chi connectivity index (χ0v) is 22.8. The van der Waals surface area contributed by atoms with Crippen LogP contribution in [0.5, 0.6) is 5.75 Å². The lowest BCUT2D eigenvalue weighted by Gasteiger charge is -2.27. The minimum absolute atomic E-state index is 0.0407. The van der Waals surface area contributed by atoms with E-state index in [2.05, 4.69) is 20.8 Å². The van der Waals surface area contributed by atoms with Gasteiger partial charge in [-0.25, -0.2) is 0 Å². The van der Waals surface area contributed by atoms with Crippen molar-refractivity contribution in [3.63, 3.8) is 0 Å². The quantitative estimate of drug-likeness (QED) is 0.216. The monoisotopic (exact) mass is 493 g/mol. The summed E-state index contributed by atoms with van der Waals surface area (Å²) in [5.41, 5.74) is 4.12. The van der Waals surface area contributed by atoms with E-state index in [0.717, 1.165) is 22.3 Å². The summed E-state index contributed by atoms with van der Waals surface area (Å²) in [6.07, 6.45) is 0.660. The van der Waals surface area contributed by atoms with Gasteiger partial charge in [0.05, 0.1) is 30.4 Å². The highest BCUT2D eigenvalue weighted by molar-refractivity contribution is 6.46. The van der Waals surface area contributed by atoms with E-state index in [0.29, 0.717) is 30.9 Å². The van der Waals surface area contributed by atoms with Crippen molar-refractivity contribution in [3.8, 4) is 5.75 Å². The molecule has 194 valence electrons. The van der Waals surface area contributed by atoms with Crippen molar-refractivity contribution in [2.24, 2.45) is 0 Å². The van der Waals surface area contributed by atoms with Crippen LogP contribution in [-0.2, 0) is 19.7 Å². The van der Waals surface area contributed by atoms with Crippen LogP contribution in [0.2, 0.25) is 0 Å². The Morgan fingerprint density at radius 1 is 1.08 bits per heavy atom. The lowest BCUT2D eigenvalue weighted by molar-refractivity contribution is -0.140. The maximum Gasteiger partial charge on any atom is 0.295 e. The molecule has 1 saturated heterocycles. The van der Waals surface area contributed by atoms with Gasteiger partial charge in [0, 0.05) is 13.2 Å². The number of carbonyl (C=O) groups is 2. The van der Waals surface area contributed by atoms with Gasteiger partial charge in [0.1, 0.15) is 11.5 Å². The lowest BCUT2D eigenvalue weighted by atomic mass is 9.85. The van der Waals surface area contributed by atoms with E-state index in [-0.39, 0.29) is 22.9 Å². The standard InChI is InChI=1S/C30H39NO5/c1-18(2)36-15-9-14-31-25(21-10-12-22(13-11-21)30(5,6)7)24(27(33)29(31)34)26(32)23-17-19(3)16-20(4)28(23)35-8/h10-13,16-18,25,32H,9,14-15H2,1-8H3/b26-24+. The van der Waals surface area contributed by atoms with Gasteiger partial charge in [-0.1, -0.05) is 51.1 Å². The number of amides is 1. The van der Waals surface area contributed by atoms with Crippen molar-refractivity contribution in [3.05, 3.63) is 69.8 Å². The zero-order chi connectivity index (χ0) is 26.8. The van der Waals surface area contributed by atoms with Gasteiger partial charge in [-0.05, 0) is 67.9 Å². The average Bonchev–Trinajstić information content (AvgIpc) is 3.05. The van der Waals surface area contributed by atoms with Crippen LogP contribution in [0.15, 0.2) is 42.0 Å². The fraction of sp³-hybridized carbons (Fsp3) is 0.467. The number of benzene rings is 2. The van der Waals surface area contributed by atoms with E-state index < -0.39 is 17.7 Å². The third-order valence-corrected chi connectivity index (χ3v) is 6.51. The largest absolute Gasteiger partial charge is 0.507 e. The molecule has 0 aliphatic carbocycles. The molecule has 1 heterocycles. The number of aryl methyl sites for hydroxylation is 2. The molecule has 0 spiro atoms. The molecular weight excluding hydrogens is 454 g/mol. The van der Waals surface area contributed by atoms with Crippen LogP contribution in [0.4, 0.5) is 0 Å². The number of hydrogen-bond donors (Lipinski definition) is 1. The Balaban J connectivity index is 2.15. The van der Waals surface area contributed by atoms with Crippen LogP contribution in [-0.4, -0.2) is 48.1 Å². The van der Waals surface area contributed by atoms with Crippen LogP contribution in [0, 0.1) is 13.8 Å². The second-order valence-corrected chi connectivity index (χ2v) is 10.8. The summed E-state index contributed by atoms with van der Waals surface area (Å²) < 4.78 is 11.2. The first-order chi connectivity index (χ1) is 16.9. The average molecular weight is 494 g/mol. The summed E-state index contributed by atoms with van der Waals surface area (Å²) in [7, 11) is 1.53. The Morgan fingerprint density at radius 3 is 2.28 bits per heavy atom. The second kappa shape index (κ2) is 10.9. The molecule has 2 aromatic carbocycles. The number of Topliss-reactive ketones (excluding diaryl/α,β-unsaturated/α-hetero) is 1. The third-order valence-electron chi connectivity index (χ3n) is 6.51. The van der Waals surface area contributed by atoms with Crippen molar-refractivity contribution in [2.75, 3.05) is 20.3 Å². The summed E-state index contributed by atoms with van der Waals surface area (Å²) in [6.45, 7) is 14.9. The van der Waals surface area contributed by atoms with Crippen molar-refractivity contribution in [2.45, 2.75) is 72.4 Å². The van der Waals surface area contributed by atoms with Gasteiger partial charge in [0.15, 0.2) is 0 Å². The number of aliphatic hydroxyl groups excluding tert-OH is 1. The first-order valence-electron chi connectivity index (χ1n) is 12.5. The number of rotatable bonds is 8. The molecule has 36 heavy (non-hydrogen) atoms. The smallest absolute Gasteiger partial charge is 0.295 e. The van der Waals surface area contributed by atoms with Gasteiger partial charge < -0.3 is 19.5 Å². The SMILES string of the molecule is COc1c(C)cc(C)cc1/C(O)=C1\C(=O)C(=O)N(CCCOC(C)C)C1c1ccc(C(C)(C)C)cc1. The summed E-state index contributed by atoms with van der Waals surface area (Å²) in [4.78, 5) is 28.2. The molecule has 3 rings (SSSR count). The maximum absolute atomic E-state index is 13.4. The van der Waals surface area contributed by atoms with Gasteiger partial charge in [-0.15, -0.1) is 0 Å². The van der Waals surface area contributed by atoms with Gasteiger partial charge >= 0.3 is 0 Å². The number of aliphatic hydroxyl groups is 1. The Kier molecular flexibility index (Phi) is 8.29. The molecule has 1 unspecified atom stereocenters. The van der Waals surface area contributed by atoms with Crippen LogP contribution in [0.25, 0.3) is 5.76 Å². The van der Waals surface area contributed by atoms with Crippen molar-refractivity contribution >= 4 is 17.4 Å². The van der Waals surface area contributed by atoms with Crippen LogP contribution >= 0.6 is 0 Å². The van der Waals surface area contributed by atoms with E-state index in [1.165, 1.54) is 7.11 Å². The number of methoxy groups -OCH3 is 1. The number of ketones is 1. The van der Waals surface area contributed by atoms with Crippen molar-refractivity contribution in [1.29, 1.82) is 0 Å². The summed E-state index contributed by atoms with van der Waals surface area (Å²) >= 11 is 0. The zero-order valence-electron chi connectivity index (χ0n) is 22.8. The summed E-state index contributed by atoms with van der Waals surface area (Å²) in [5.74, 6) is -1.04. The molecule has 6 nitrogen and oxygen atoms in total. The molecule has 1 fully saturated rings. The highest BCUT2D eigenvalue weighted by Gasteiger charge is 2.46. The molecule has 1 atom stereocenters. The highest BCUT2D eigenvalue weighted by Crippen LogP contribution is 2.42. The molecule has 1 aliphatic rings. The molecule has 2 aromatic rings. The fourth-order valence-electron chi connectivity index (χ4n) is 4.72. The number of hydrogen-bond acceptors (Lipinski definition) is 5. The van der Waals surface area contributed by atoms with Crippen molar-refractivity contribution < 1.29 is 24.2 Å². The topological polar surface area (TPSA) is 76.1 Å². The second-order valence-electron chi connectivity index (χ2n) is 10.8. The number of carbonyl (C=O) groups excluding carboxylic acids is 2. The Morgan fingerprint density at radius 2 is 1.72 bits per heavy atom. The molecule has 0 saturated carbocycles. The van der Waals surface area contributed by atoms with E-state index >= 15 is 0 Å². The first-order valence-corrected chi connectivity index (χ1v) is 12.5. The predicted octanol–water partition coefficient (Wildman–Crippen LogP) is 5.85. The molecule has 0 bridgehead atoms. The summed E-state index contributed by atoms with van der Waals surface area (Å²) in [6, 6.07) is 11.0. The Labute approximate surface area is 214 Å². The van der Waals surface area contributed by atoms with E-state index in [4.69, 9.17) is 9.47 Å². The number of ether oxygens (including phenoxy) is 2. The molecule has 0 aromatic heterocycles. The third kappa shape index (κ3) is 5.65. The Bertz CT molecular complexity index is 1160. The lowest BCUT2D eigenvalue weighted by Crippen LogP contribution is -2.31. The molecule has 1 amide bonds. The van der Waals surface area contributed by atoms with E-state index in [9.17, 15) is 14.7 Å². The predicted molar refractivity (Wildman–Crippen MR) is 142 cm³/mol. The van der Waals surface area contributed by atoms with Crippen LogP contribution in [0.1, 0.15) is 74.9 Å². The fourth-order valence-corrected chi connectivity index (χ4v) is 4.72. The van der Waals surface area contributed by atoms with Gasteiger partial charge in [0.2, 0.25) is 0 Å². The molecular formula is C30H39NO5. The van der Waals surface area contributed by atoms with Gasteiger partial charge in [-0.3, -0.25) is 9.59 Å². The van der Waals surface area contributed by atoms with Crippen molar-refractivity contribution in [1.82, 2.24) is 4.90 Å². The van der Waals surface area contributed by atoms with E-state index in [1.807, 2.05) is 58.0 Å². The summed E-state index contributed by atoms with van der Waals surface area (Å²) in [5, 5.41) is 11.5. The van der Waals surface area contributed by atoms with Gasteiger partial charge in [-0.2, -0.15) is 0 Å². The number of nitrogens with zero attached hydrogens (tertiary/aromatic N) is 1. The molecule has 1 aliphatic heterocycles. The van der Waals surface area contributed by atoms with Crippen LogP contribution < -0.4 is 4.74 Å². The minimum atomic E-state index is -0.705. The van der Waals surface area contributed by atoms with E-state index in [1.54, 1.807) is 11.0 Å². The first kappa shape index (κ1) is 27.5. The Hall–Kier alpha value is -3.12. The molecule has 1 N–H and O–H groups in total. The highest BCUT2D eigenvalue weighted by atomic mass is 16.5. The molecule has 0 radical (unpaired) electrons. The normalized spacial score (nSPS) is 17.8.